The molecule has 2 fully saturated rings. The van der Waals surface area contributed by atoms with Crippen LogP contribution in [0.5, 0.6) is 0 Å². The van der Waals surface area contributed by atoms with Gasteiger partial charge in [0.05, 0.1) is 32.0 Å². The average molecular weight is 960 g/mol. The van der Waals surface area contributed by atoms with Crippen LogP contribution >= 0.6 is 0 Å². The lowest BCUT2D eigenvalue weighted by Gasteiger charge is -2.44. The van der Waals surface area contributed by atoms with Gasteiger partial charge in [0.15, 0.2) is 11.6 Å². The molecular formula is C56H81N9O5. The summed E-state index contributed by atoms with van der Waals surface area (Å²) in [7, 11) is 0. The third-order valence-electron chi connectivity index (χ3n) is 15.0. The number of hydrogen-bond donors (Lipinski definition) is 5. The van der Waals surface area contributed by atoms with E-state index < -0.39 is 5.60 Å². The standard InChI is InChI=1S/C28H41N5O2.C28H40N4O3/c1-20-19-29-25(30-20)26(35)31-24-7-6-22(18-23(24)21-8-10-27(2,3)11-9-21)28(4,5)33-14-12-32(13-15-33)16-17-34;1-20-19-29-25(30-20)26(33)31-24-7-6-22(18-23(24)21-8-10-27(2,3)11-9-21)28(4,5)35-17-14-32-12-15-34-16-13-32/h6-8,18-19,34H,9-17H2,1-5H3,(H,29,30)(H,31,35);6-8,18-19H,9-17H2,1-5H3,(H,29,30)(H,31,33). The molecule has 2 aromatic heterocycles. The van der Waals surface area contributed by atoms with Gasteiger partial charge in [0.1, 0.15) is 0 Å². The van der Waals surface area contributed by atoms with Crippen LogP contribution in [0.1, 0.15) is 149 Å². The Morgan fingerprint density at radius 3 is 1.66 bits per heavy atom. The summed E-state index contributed by atoms with van der Waals surface area (Å²) >= 11 is 0. The number of ether oxygens (including phenoxy) is 2. The molecule has 0 bridgehead atoms. The first-order valence-corrected chi connectivity index (χ1v) is 25.6. The number of anilines is 2. The number of nitrogens with zero attached hydrogens (tertiary/aromatic N) is 5. The predicted molar refractivity (Wildman–Crippen MR) is 281 cm³/mol. The van der Waals surface area contributed by atoms with Gasteiger partial charge in [0, 0.05) is 104 Å². The van der Waals surface area contributed by atoms with E-state index >= 15 is 0 Å². The van der Waals surface area contributed by atoms with Crippen molar-refractivity contribution in [2.45, 2.75) is 119 Å². The molecule has 8 rings (SSSR count). The van der Waals surface area contributed by atoms with Crippen molar-refractivity contribution in [2.75, 3.05) is 89.4 Å². The Hall–Kier alpha value is -4.96. The number of imidazole rings is 2. The minimum atomic E-state index is -0.448. The Bertz CT molecular complexity index is 2480. The van der Waals surface area contributed by atoms with Crippen molar-refractivity contribution < 1.29 is 24.2 Å². The summed E-state index contributed by atoms with van der Waals surface area (Å²) in [5.41, 5.74) is 10.5. The fourth-order valence-corrected chi connectivity index (χ4v) is 9.85. The first kappa shape index (κ1) is 52.9. The fraction of sp³-hybridized carbons (Fsp3) is 0.571. The number of aliphatic hydroxyl groups is 1. The van der Waals surface area contributed by atoms with E-state index in [1.807, 2.05) is 19.9 Å². The Morgan fingerprint density at radius 2 is 1.20 bits per heavy atom. The van der Waals surface area contributed by atoms with E-state index in [0.717, 1.165) is 144 Å². The lowest BCUT2D eigenvalue weighted by atomic mass is 9.76. The van der Waals surface area contributed by atoms with Gasteiger partial charge >= 0.3 is 0 Å². The maximum absolute atomic E-state index is 12.9. The molecule has 380 valence electrons. The summed E-state index contributed by atoms with van der Waals surface area (Å²) in [6.07, 6.45) is 14.3. The van der Waals surface area contributed by atoms with Crippen molar-refractivity contribution >= 4 is 34.3 Å². The summed E-state index contributed by atoms with van der Waals surface area (Å²) in [5.74, 6) is 0.202. The highest BCUT2D eigenvalue weighted by Gasteiger charge is 2.33. The molecule has 2 amide bonds. The van der Waals surface area contributed by atoms with E-state index in [1.165, 1.54) is 16.7 Å². The third kappa shape index (κ3) is 13.7. The summed E-state index contributed by atoms with van der Waals surface area (Å²) in [6.45, 7) is 31.7. The quantitative estimate of drug-likeness (QED) is 0.0776. The van der Waals surface area contributed by atoms with Crippen LogP contribution in [0.2, 0.25) is 0 Å². The van der Waals surface area contributed by atoms with Crippen molar-refractivity contribution in [1.82, 2.24) is 34.6 Å². The van der Waals surface area contributed by atoms with Crippen LogP contribution in [0.25, 0.3) is 11.1 Å². The molecule has 4 aliphatic rings. The highest BCUT2D eigenvalue weighted by atomic mass is 16.5. The normalized spacial score (nSPS) is 19.1. The number of aryl methyl sites for hydroxylation is 2. The molecule has 0 spiro atoms. The maximum atomic E-state index is 12.9. The Kier molecular flexibility index (Phi) is 17.1. The predicted octanol–water partition coefficient (Wildman–Crippen LogP) is 9.56. The second kappa shape index (κ2) is 22.6. The highest BCUT2D eigenvalue weighted by molar-refractivity contribution is 6.04. The number of allylic oxidation sites excluding steroid dienone is 4. The van der Waals surface area contributed by atoms with Crippen molar-refractivity contribution in [2.24, 2.45) is 10.8 Å². The highest BCUT2D eigenvalue weighted by Crippen LogP contribution is 2.43. The monoisotopic (exact) mass is 960 g/mol. The van der Waals surface area contributed by atoms with Crippen LogP contribution in [0, 0.1) is 24.7 Å². The molecule has 2 aliphatic heterocycles. The zero-order valence-electron chi connectivity index (χ0n) is 43.8. The summed E-state index contributed by atoms with van der Waals surface area (Å²) < 4.78 is 11.8. The fourth-order valence-electron chi connectivity index (χ4n) is 9.85. The summed E-state index contributed by atoms with van der Waals surface area (Å²) in [4.78, 5) is 47.5. The number of carbonyl (C=O) groups is 2. The topological polar surface area (TPSA) is 164 Å². The van der Waals surface area contributed by atoms with Crippen LogP contribution in [0.15, 0.2) is 60.9 Å². The van der Waals surface area contributed by atoms with Crippen molar-refractivity contribution in [3.63, 3.8) is 0 Å². The van der Waals surface area contributed by atoms with Crippen LogP contribution in [0.3, 0.4) is 0 Å². The number of β-amino-alcohol motifs (C(OH)–C–C–N with tert-alkyl or cyclic N) is 1. The lowest BCUT2D eigenvalue weighted by Crippen LogP contribution is -2.53. The largest absolute Gasteiger partial charge is 0.395 e. The molecule has 4 aromatic rings. The molecule has 2 aliphatic carbocycles. The molecule has 2 saturated heterocycles. The van der Waals surface area contributed by atoms with Gasteiger partial charge in [0.25, 0.3) is 11.8 Å². The number of rotatable bonds is 15. The molecule has 14 heteroatoms. The van der Waals surface area contributed by atoms with Gasteiger partial charge in [-0.3, -0.25) is 24.3 Å². The minimum absolute atomic E-state index is 0.144. The lowest BCUT2D eigenvalue weighted by molar-refractivity contribution is -0.0420. The van der Waals surface area contributed by atoms with Gasteiger partial charge in [-0.1, -0.05) is 52.0 Å². The second-order valence-electron chi connectivity index (χ2n) is 22.4. The Labute approximate surface area is 417 Å². The second-order valence-corrected chi connectivity index (χ2v) is 22.4. The molecule has 4 heterocycles. The number of hydrogen-bond acceptors (Lipinski definition) is 10. The maximum Gasteiger partial charge on any atom is 0.291 e. The molecular weight excluding hydrogens is 879 g/mol. The van der Waals surface area contributed by atoms with Gasteiger partial charge in [-0.2, -0.15) is 0 Å². The van der Waals surface area contributed by atoms with Crippen molar-refractivity contribution in [3.05, 3.63) is 106 Å². The van der Waals surface area contributed by atoms with Crippen LogP contribution in [-0.4, -0.2) is 130 Å². The molecule has 5 N–H and O–H groups in total. The minimum Gasteiger partial charge on any atom is -0.395 e. The number of H-pyrrole nitrogens is 2. The smallest absolute Gasteiger partial charge is 0.291 e. The van der Waals surface area contributed by atoms with Crippen LogP contribution in [0.4, 0.5) is 11.4 Å². The molecule has 0 atom stereocenters. The molecule has 0 radical (unpaired) electrons. The van der Waals surface area contributed by atoms with E-state index in [-0.39, 0.29) is 24.0 Å². The van der Waals surface area contributed by atoms with E-state index in [0.29, 0.717) is 29.1 Å². The van der Waals surface area contributed by atoms with E-state index in [2.05, 4.69) is 143 Å². The Morgan fingerprint density at radius 1 is 0.714 bits per heavy atom. The van der Waals surface area contributed by atoms with Crippen molar-refractivity contribution in [1.29, 1.82) is 0 Å². The van der Waals surface area contributed by atoms with Gasteiger partial charge in [-0.05, 0) is 137 Å². The SMILES string of the molecule is Cc1cnc(C(=O)Nc2ccc(C(C)(C)N3CCN(CCO)CC3)cc2C2=CCC(C)(C)CC2)[nH]1.Cc1cnc(C(=O)Nc2ccc(C(C)(C)OCCN3CCOCC3)cc2C2=CCC(C)(C)CC2)[nH]1. The Balaban J connectivity index is 0.000000206. The van der Waals surface area contributed by atoms with Crippen LogP contribution < -0.4 is 10.6 Å². The van der Waals surface area contributed by atoms with Gasteiger partial charge in [-0.25, -0.2) is 9.97 Å². The number of piperazine rings is 1. The van der Waals surface area contributed by atoms with E-state index in [9.17, 15) is 14.7 Å². The number of aromatic nitrogens is 4. The number of aromatic amines is 2. The molecule has 2 aromatic carbocycles. The number of morpholine rings is 1. The van der Waals surface area contributed by atoms with E-state index in [4.69, 9.17) is 9.47 Å². The zero-order valence-corrected chi connectivity index (χ0v) is 43.8. The first-order chi connectivity index (χ1) is 33.2. The van der Waals surface area contributed by atoms with Gasteiger partial charge in [-0.15, -0.1) is 0 Å². The molecule has 14 nitrogen and oxygen atoms in total. The average Bonchev–Trinajstić information content (AvgIpc) is 3.98. The summed E-state index contributed by atoms with van der Waals surface area (Å²) in [6, 6.07) is 12.8. The molecule has 0 unspecified atom stereocenters. The number of amides is 2. The van der Waals surface area contributed by atoms with Crippen molar-refractivity contribution in [3.8, 4) is 0 Å². The van der Waals surface area contributed by atoms with Gasteiger partial charge < -0.3 is 35.2 Å². The zero-order chi connectivity index (χ0) is 50.3. The molecule has 0 saturated carbocycles. The first-order valence-electron chi connectivity index (χ1n) is 25.6. The third-order valence-corrected chi connectivity index (χ3v) is 15.0. The number of nitrogens with one attached hydrogen (secondary N) is 4. The number of carbonyl (C=O) groups excluding carboxylic acids is 2. The van der Waals surface area contributed by atoms with Crippen LogP contribution in [-0.2, 0) is 20.6 Å². The number of benzene rings is 2. The van der Waals surface area contributed by atoms with E-state index in [1.54, 1.807) is 12.4 Å². The molecule has 70 heavy (non-hydrogen) atoms. The van der Waals surface area contributed by atoms with Gasteiger partial charge in [0.2, 0.25) is 0 Å². The summed E-state index contributed by atoms with van der Waals surface area (Å²) in [5, 5.41) is 15.5. The number of aliphatic hydroxyl groups excluding tert-OH is 1.